The second-order valence-electron chi connectivity index (χ2n) is 7.31. The summed E-state index contributed by atoms with van der Waals surface area (Å²) in [4.78, 5) is 0. The molecule has 0 N–H and O–H groups in total. The Labute approximate surface area is 120 Å². The van der Waals surface area contributed by atoms with E-state index in [1.165, 1.54) is 31.2 Å². The quantitative estimate of drug-likeness (QED) is 0.553. The summed E-state index contributed by atoms with van der Waals surface area (Å²) in [6, 6.07) is 8.97. The second kappa shape index (κ2) is 6.59. The first-order valence-corrected chi connectivity index (χ1v) is 7.91. The smallest absolute Gasteiger partial charge is 0.0101 e. The molecule has 0 heteroatoms. The van der Waals surface area contributed by atoms with Crippen molar-refractivity contribution in [2.24, 2.45) is 5.41 Å². The predicted octanol–water partition coefficient (Wildman–Crippen LogP) is 6.13. The van der Waals surface area contributed by atoms with E-state index in [0.717, 1.165) is 6.42 Å². The van der Waals surface area contributed by atoms with Crippen molar-refractivity contribution < 1.29 is 0 Å². The fourth-order valence-corrected chi connectivity index (χ4v) is 3.08. The van der Waals surface area contributed by atoms with Gasteiger partial charge in [0.1, 0.15) is 0 Å². The van der Waals surface area contributed by atoms with Crippen LogP contribution in [0.15, 0.2) is 24.3 Å². The summed E-state index contributed by atoms with van der Waals surface area (Å²) >= 11 is 0. The molecule has 0 nitrogen and oxygen atoms in total. The van der Waals surface area contributed by atoms with Crippen molar-refractivity contribution in [3.63, 3.8) is 0 Å². The molecule has 0 aliphatic carbocycles. The molecule has 0 saturated carbocycles. The van der Waals surface area contributed by atoms with Crippen molar-refractivity contribution in [3.05, 3.63) is 35.4 Å². The molecule has 0 atom stereocenters. The average molecular weight is 260 g/mol. The second-order valence-corrected chi connectivity index (χ2v) is 7.31. The van der Waals surface area contributed by atoms with Gasteiger partial charge in [-0.2, -0.15) is 0 Å². The van der Waals surface area contributed by atoms with E-state index in [-0.39, 0.29) is 5.41 Å². The minimum absolute atomic E-state index is 0.289. The van der Waals surface area contributed by atoms with Crippen LogP contribution in [0.1, 0.15) is 78.4 Å². The molecule has 0 amide bonds. The molecule has 0 bridgehead atoms. The fourth-order valence-electron chi connectivity index (χ4n) is 3.08. The van der Waals surface area contributed by atoms with Crippen molar-refractivity contribution in [2.45, 2.75) is 79.1 Å². The molecule has 108 valence electrons. The third kappa shape index (κ3) is 4.67. The number of hydrogen-bond acceptors (Lipinski definition) is 0. The van der Waals surface area contributed by atoms with Crippen LogP contribution in [0.25, 0.3) is 0 Å². The SMILES string of the molecule is CCCC(C)(C)CCC(C)(C)c1ccccc1CC. The molecule has 0 aromatic heterocycles. The van der Waals surface area contributed by atoms with Crippen LogP contribution in [0.5, 0.6) is 0 Å². The summed E-state index contributed by atoms with van der Waals surface area (Å²) in [5.41, 5.74) is 3.83. The van der Waals surface area contributed by atoms with E-state index < -0.39 is 0 Å². The fraction of sp³-hybridized carbons (Fsp3) is 0.684. The van der Waals surface area contributed by atoms with Gasteiger partial charge in [-0.25, -0.2) is 0 Å². The zero-order valence-electron chi connectivity index (χ0n) is 13.8. The standard InChI is InChI=1S/C19H32/c1-7-13-18(3,4)14-15-19(5,6)17-12-10-9-11-16(17)8-2/h9-12H,7-8,13-15H2,1-6H3. The highest BCUT2D eigenvalue weighted by Crippen LogP contribution is 2.37. The Balaban J connectivity index is 2.80. The minimum Gasteiger partial charge on any atom is -0.0654 e. The van der Waals surface area contributed by atoms with Crippen molar-refractivity contribution in [1.29, 1.82) is 0 Å². The number of benzene rings is 1. The van der Waals surface area contributed by atoms with Gasteiger partial charge in [0, 0.05) is 0 Å². The van der Waals surface area contributed by atoms with E-state index in [9.17, 15) is 0 Å². The van der Waals surface area contributed by atoms with Gasteiger partial charge in [0.25, 0.3) is 0 Å². The monoisotopic (exact) mass is 260 g/mol. The summed E-state index contributed by atoms with van der Waals surface area (Å²) in [7, 11) is 0. The Morgan fingerprint density at radius 1 is 0.842 bits per heavy atom. The summed E-state index contributed by atoms with van der Waals surface area (Å²) in [5, 5.41) is 0. The van der Waals surface area contributed by atoms with Crippen LogP contribution >= 0.6 is 0 Å². The van der Waals surface area contributed by atoms with Crippen molar-refractivity contribution in [1.82, 2.24) is 0 Å². The van der Waals surface area contributed by atoms with Crippen LogP contribution in [-0.2, 0) is 11.8 Å². The van der Waals surface area contributed by atoms with Crippen LogP contribution in [0, 0.1) is 5.41 Å². The summed E-state index contributed by atoms with van der Waals surface area (Å²) in [6.45, 7) is 14.2. The van der Waals surface area contributed by atoms with Gasteiger partial charge in [-0.05, 0) is 47.6 Å². The maximum atomic E-state index is 2.41. The Morgan fingerprint density at radius 3 is 2.05 bits per heavy atom. The molecular weight excluding hydrogens is 228 g/mol. The van der Waals surface area contributed by atoms with Crippen LogP contribution in [0.2, 0.25) is 0 Å². The Morgan fingerprint density at radius 2 is 1.47 bits per heavy atom. The van der Waals surface area contributed by atoms with E-state index in [0.29, 0.717) is 5.41 Å². The number of hydrogen-bond donors (Lipinski definition) is 0. The Kier molecular flexibility index (Phi) is 5.64. The molecule has 0 unspecified atom stereocenters. The van der Waals surface area contributed by atoms with Gasteiger partial charge in [-0.1, -0.05) is 72.2 Å². The highest BCUT2D eigenvalue weighted by Gasteiger charge is 2.26. The van der Waals surface area contributed by atoms with E-state index in [1.54, 1.807) is 5.56 Å². The van der Waals surface area contributed by atoms with E-state index in [1.807, 2.05) is 0 Å². The normalized spacial score (nSPS) is 12.7. The number of aryl methyl sites for hydroxylation is 1. The highest BCUT2D eigenvalue weighted by atomic mass is 14.3. The summed E-state index contributed by atoms with van der Waals surface area (Å²) in [5.74, 6) is 0. The lowest BCUT2D eigenvalue weighted by Gasteiger charge is -2.32. The minimum atomic E-state index is 0.289. The highest BCUT2D eigenvalue weighted by molar-refractivity contribution is 5.33. The maximum Gasteiger partial charge on any atom is -0.0101 e. The maximum absolute atomic E-state index is 2.41. The topological polar surface area (TPSA) is 0 Å². The van der Waals surface area contributed by atoms with Crippen LogP contribution < -0.4 is 0 Å². The van der Waals surface area contributed by atoms with Crippen LogP contribution in [0.3, 0.4) is 0 Å². The van der Waals surface area contributed by atoms with Gasteiger partial charge in [0.05, 0.1) is 0 Å². The summed E-state index contributed by atoms with van der Waals surface area (Å²) in [6.07, 6.45) is 6.35. The van der Waals surface area contributed by atoms with Gasteiger partial charge < -0.3 is 0 Å². The molecule has 1 aromatic carbocycles. The lowest BCUT2D eigenvalue weighted by atomic mass is 9.72. The third-order valence-corrected chi connectivity index (χ3v) is 4.48. The molecule has 1 rings (SSSR count). The van der Waals surface area contributed by atoms with Gasteiger partial charge in [0.15, 0.2) is 0 Å². The van der Waals surface area contributed by atoms with Gasteiger partial charge in [-0.3, -0.25) is 0 Å². The zero-order valence-corrected chi connectivity index (χ0v) is 13.8. The molecule has 0 spiro atoms. The molecular formula is C19H32. The lowest BCUT2D eigenvalue weighted by Crippen LogP contribution is -2.23. The average Bonchev–Trinajstić information content (AvgIpc) is 2.37. The molecule has 0 saturated heterocycles. The summed E-state index contributed by atoms with van der Waals surface area (Å²) < 4.78 is 0. The van der Waals surface area contributed by atoms with Crippen LogP contribution in [-0.4, -0.2) is 0 Å². The van der Waals surface area contributed by atoms with E-state index in [4.69, 9.17) is 0 Å². The molecule has 0 aliphatic heterocycles. The lowest BCUT2D eigenvalue weighted by molar-refractivity contribution is 0.264. The Bertz CT molecular complexity index is 385. The Hall–Kier alpha value is -0.780. The molecule has 1 aromatic rings. The predicted molar refractivity (Wildman–Crippen MR) is 86.8 cm³/mol. The first kappa shape index (κ1) is 16.3. The zero-order chi connectivity index (χ0) is 14.5. The van der Waals surface area contributed by atoms with Crippen molar-refractivity contribution in [3.8, 4) is 0 Å². The molecule has 0 fully saturated rings. The first-order valence-electron chi connectivity index (χ1n) is 7.91. The first-order chi connectivity index (χ1) is 8.82. The third-order valence-electron chi connectivity index (χ3n) is 4.48. The molecule has 0 aliphatic rings. The van der Waals surface area contributed by atoms with E-state index >= 15 is 0 Å². The molecule has 0 heterocycles. The number of rotatable bonds is 7. The molecule has 19 heavy (non-hydrogen) atoms. The van der Waals surface area contributed by atoms with Crippen molar-refractivity contribution >= 4 is 0 Å². The van der Waals surface area contributed by atoms with E-state index in [2.05, 4.69) is 65.8 Å². The van der Waals surface area contributed by atoms with Gasteiger partial charge >= 0.3 is 0 Å². The van der Waals surface area contributed by atoms with Gasteiger partial charge in [-0.15, -0.1) is 0 Å². The molecule has 0 radical (unpaired) electrons. The van der Waals surface area contributed by atoms with Crippen molar-refractivity contribution in [2.75, 3.05) is 0 Å². The van der Waals surface area contributed by atoms with Gasteiger partial charge in [0.2, 0.25) is 0 Å². The van der Waals surface area contributed by atoms with Crippen LogP contribution in [0.4, 0.5) is 0 Å². The largest absolute Gasteiger partial charge is 0.0654 e.